The van der Waals surface area contributed by atoms with E-state index in [2.05, 4.69) is 10.2 Å². The first-order valence-corrected chi connectivity index (χ1v) is 10.5. The maximum absolute atomic E-state index is 12.7. The summed E-state index contributed by atoms with van der Waals surface area (Å²) in [5.41, 5.74) is 1.86. The third-order valence-electron chi connectivity index (χ3n) is 5.11. The van der Waals surface area contributed by atoms with Crippen molar-refractivity contribution in [3.63, 3.8) is 0 Å². The number of halogens is 1. The van der Waals surface area contributed by atoms with Crippen LogP contribution in [0.5, 0.6) is 11.5 Å². The second kappa shape index (κ2) is 9.98. The molecule has 30 heavy (non-hydrogen) atoms. The zero-order valence-corrected chi connectivity index (χ0v) is 17.4. The van der Waals surface area contributed by atoms with Crippen LogP contribution in [-0.2, 0) is 9.53 Å². The van der Waals surface area contributed by atoms with Gasteiger partial charge in [-0.1, -0.05) is 41.9 Å². The number of nitrogens with zero attached hydrogens (tertiary/aromatic N) is 1. The number of fused-ring (bicyclic) bond motifs is 1. The first kappa shape index (κ1) is 20.7. The number of carbonyl (C=O) groups excluding carboxylic acids is 1. The summed E-state index contributed by atoms with van der Waals surface area (Å²) in [7, 11) is 0. The fraction of sp³-hybridized carbons (Fsp3) is 0.348. The minimum Gasteiger partial charge on any atom is -0.486 e. The molecule has 1 saturated heterocycles. The third-order valence-corrected chi connectivity index (χ3v) is 5.39. The van der Waals surface area contributed by atoms with Gasteiger partial charge in [0.15, 0.2) is 11.5 Å². The fourth-order valence-electron chi connectivity index (χ4n) is 3.58. The van der Waals surface area contributed by atoms with Gasteiger partial charge in [0.2, 0.25) is 5.91 Å². The molecule has 0 bridgehead atoms. The van der Waals surface area contributed by atoms with Gasteiger partial charge in [0.25, 0.3) is 0 Å². The molecule has 1 fully saturated rings. The zero-order chi connectivity index (χ0) is 20.8. The first-order valence-electron chi connectivity index (χ1n) is 10.1. The van der Waals surface area contributed by atoms with E-state index in [1.165, 1.54) is 6.08 Å². The Balaban J connectivity index is 1.45. The number of nitrogens with one attached hydrogen (secondary N) is 1. The van der Waals surface area contributed by atoms with E-state index in [1.54, 1.807) is 12.1 Å². The largest absolute Gasteiger partial charge is 0.486 e. The molecule has 1 amide bonds. The van der Waals surface area contributed by atoms with E-state index in [0.29, 0.717) is 29.7 Å². The van der Waals surface area contributed by atoms with Gasteiger partial charge in [-0.05, 0) is 29.3 Å². The van der Waals surface area contributed by atoms with Gasteiger partial charge in [0.05, 0.1) is 24.3 Å². The lowest BCUT2D eigenvalue weighted by atomic mass is 10.1. The number of rotatable bonds is 6. The molecule has 1 atom stereocenters. The van der Waals surface area contributed by atoms with Crippen molar-refractivity contribution in [1.82, 2.24) is 10.2 Å². The van der Waals surface area contributed by atoms with Crippen LogP contribution in [0.1, 0.15) is 17.2 Å². The van der Waals surface area contributed by atoms with Gasteiger partial charge in [-0.2, -0.15) is 0 Å². The Bertz CT molecular complexity index is 898. The van der Waals surface area contributed by atoms with Crippen LogP contribution in [0.15, 0.2) is 48.5 Å². The number of ether oxygens (including phenoxy) is 3. The molecule has 2 heterocycles. The van der Waals surface area contributed by atoms with Crippen molar-refractivity contribution in [2.75, 3.05) is 46.1 Å². The number of benzene rings is 2. The summed E-state index contributed by atoms with van der Waals surface area (Å²) in [4.78, 5) is 15.0. The standard InChI is InChI=1S/C23H25ClN2O4/c24-19-14-17(15-21-23(19)30-13-12-29-21)6-7-22(27)25-20(18-4-2-1-3-5-18)16-26-8-10-28-11-9-26/h1-7,14-15,20H,8-13,16H2,(H,25,27)/b7-6+. The van der Waals surface area contributed by atoms with E-state index in [0.717, 1.165) is 44.0 Å². The molecule has 2 aliphatic rings. The summed E-state index contributed by atoms with van der Waals surface area (Å²) in [6.07, 6.45) is 3.26. The molecule has 4 rings (SSSR count). The maximum Gasteiger partial charge on any atom is 0.244 e. The highest BCUT2D eigenvalue weighted by Crippen LogP contribution is 2.38. The minimum absolute atomic E-state index is 0.106. The van der Waals surface area contributed by atoms with Crippen molar-refractivity contribution in [1.29, 1.82) is 0 Å². The quantitative estimate of drug-likeness (QED) is 0.715. The predicted molar refractivity (Wildman–Crippen MR) is 116 cm³/mol. The number of hydrogen-bond donors (Lipinski definition) is 1. The average Bonchev–Trinajstić information content (AvgIpc) is 2.79. The van der Waals surface area contributed by atoms with Crippen molar-refractivity contribution in [3.05, 3.63) is 64.7 Å². The van der Waals surface area contributed by atoms with Gasteiger partial charge in [-0.25, -0.2) is 0 Å². The smallest absolute Gasteiger partial charge is 0.244 e. The zero-order valence-electron chi connectivity index (χ0n) is 16.7. The lowest BCUT2D eigenvalue weighted by Crippen LogP contribution is -2.42. The second-order valence-corrected chi connectivity index (χ2v) is 7.65. The molecule has 1 unspecified atom stereocenters. The number of morpholine rings is 1. The summed E-state index contributed by atoms with van der Waals surface area (Å²) < 4.78 is 16.6. The average molecular weight is 429 g/mol. The van der Waals surface area contributed by atoms with Crippen LogP contribution in [0, 0.1) is 0 Å². The molecule has 2 aliphatic heterocycles. The molecule has 1 N–H and O–H groups in total. The monoisotopic (exact) mass is 428 g/mol. The molecule has 158 valence electrons. The Morgan fingerprint density at radius 2 is 1.87 bits per heavy atom. The van der Waals surface area contributed by atoms with Crippen LogP contribution >= 0.6 is 11.6 Å². The summed E-state index contributed by atoms with van der Waals surface area (Å²) in [5.74, 6) is 0.991. The molecule has 0 spiro atoms. The molecule has 0 aliphatic carbocycles. The minimum atomic E-state index is -0.164. The van der Waals surface area contributed by atoms with Crippen LogP contribution in [0.3, 0.4) is 0 Å². The lowest BCUT2D eigenvalue weighted by molar-refractivity contribution is -0.117. The van der Waals surface area contributed by atoms with Crippen LogP contribution in [0.25, 0.3) is 6.08 Å². The van der Waals surface area contributed by atoms with E-state index in [4.69, 9.17) is 25.8 Å². The molecule has 0 radical (unpaired) electrons. The summed E-state index contributed by atoms with van der Waals surface area (Å²) in [6.45, 7) is 4.88. The summed E-state index contributed by atoms with van der Waals surface area (Å²) in [6, 6.07) is 13.5. The maximum atomic E-state index is 12.7. The van der Waals surface area contributed by atoms with Gasteiger partial charge >= 0.3 is 0 Å². The van der Waals surface area contributed by atoms with Gasteiger partial charge in [-0.3, -0.25) is 9.69 Å². The van der Waals surface area contributed by atoms with Crippen molar-refractivity contribution in [2.45, 2.75) is 6.04 Å². The Kier molecular flexibility index (Phi) is 6.89. The number of hydrogen-bond acceptors (Lipinski definition) is 5. The van der Waals surface area contributed by atoms with Crippen LogP contribution in [0.2, 0.25) is 5.02 Å². The SMILES string of the molecule is O=C(/C=C/c1cc(Cl)c2c(c1)OCCO2)NC(CN1CCOCC1)c1ccccc1. The summed E-state index contributed by atoms with van der Waals surface area (Å²) >= 11 is 6.28. The molecule has 6 nitrogen and oxygen atoms in total. The van der Waals surface area contributed by atoms with E-state index < -0.39 is 0 Å². The Morgan fingerprint density at radius 1 is 1.10 bits per heavy atom. The molecular weight excluding hydrogens is 404 g/mol. The van der Waals surface area contributed by atoms with Crippen LogP contribution in [-0.4, -0.2) is 56.9 Å². The second-order valence-electron chi connectivity index (χ2n) is 7.25. The molecule has 7 heteroatoms. The molecular formula is C23H25ClN2O4. The Hall–Kier alpha value is -2.54. The normalized spacial score (nSPS) is 17.6. The van der Waals surface area contributed by atoms with E-state index >= 15 is 0 Å². The lowest BCUT2D eigenvalue weighted by Gasteiger charge is -2.31. The molecule has 0 aromatic heterocycles. The number of carbonyl (C=O) groups is 1. The van der Waals surface area contributed by atoms with E-state index in [1.807, 2.05) is 36.4 Å². The third kappa shape index (κ3) is 5.33. The van der Waals surface area contributed by atoms with Crippen LogP contribution in [0.4, 0.5) is 0 Å². The van der Waals surface area contributed by atoms with Crippen molar-refractivity contribution >= 4 is 23.6 Å². The Labute approximate surface area is 181 Å². The van der Waals surface area contributed by atoms with E-state index in [9.17, 15) is 4.79 Å². The predicted octanol–water partition coefficient (Wildman–Crippen LogP) is 3.31. The van der Waals surface area contributed by atoms with Gasteiger partial charge in [0.1, 0.15) is 13.2 Å². The van der Waals surface area contributed by atoms with E-state index in [-0.39, 0.29) is 11.9 Å². The van der Waals surface area contributed by atoms with Crippen LogP contribution < -0.4 is 14.8 Å². The van der Waals surface area contributed by atoms with Gasteiger partial charge in [-0.15, -0.1) is 0 Å². The number of amides is 1. The van der Waals surface area contributed by atoms with Gasteiger partial charge in [0, 0.05) is 25.7 Å². The van der Waals surface area contributed by atoms with Gasteiger partial charge < -0.3 is 19.5 Å². The topological polar surface area (TPSA) is 60.0 Å². The van der Waals surface area contributed by atoms with Crippen molar-refractivity contribution in [3.8, 4) is 11.5 Å². The highest BCUT2D eigenvalue weighted by Gasteiger charge is 2.20. The first-order chi connectivity index (χ1) is 14.7. The molecule has 0 saturated carbocycles. The highest BCUT2D eigenvalue weighted by atomic mass is 35.5. The van der Waals surface area contributed by atoms with Crippen molar-refractivity contribution in [2.24, 2.45) is 0 Å². The Morgan fingerprint density at radius 3 is 2.67 bits per heavy atom. The summed E-state index contributed by atoms with van der Waals surface area (Å²) in [5, 5.41) is 3.60. The molecule has 2 aromatic carbocycles. The molecule has 2 aromatic rings. The highest BCUT2D eigenvalue weighted by molar-refractivity contribution is 6.32. The fourth-order valence-corrected chi connectivity index (χ4v) is 3.85. The van der Waals surface area contributed by atoms with Crippen molar-refractivity contribution < 1.29 is 19.0 Å².